The predicted molar refractivity (Wildman–Crippen MR) is 62.6 cm³/mol. The molecule has 19 heavy (non-hydrogen) atoms. The van der Waals surface area contributed by atoms with Crippen LogP contribution in [0.2, 0.25) is 0 Å². The Hall–Kier alpha value is -2.02. The lowest BCUT2D eigenvalue weighted by Gasteiger charge is -2.13. The van der Waals surface area contributed by atoms with Crippen LogP contribution >= 0.6 is 0 Å². The van der Waals surface area contributed by atoms with Crippen LogP contribution in [0.3, 0.4) is 0 Å². The summed E-state index contributed by atoms with van der Waals surface area (Å²) in [6, 6.07) is 4.10. The zero-order valence-corrected chi connectivity index (χ0v) is 10.0. The Balaban J connectivity index is 2.28. The molecule has 102 valence electrons. The van der Waals surface area contributed by atoms with Gasteiger partial charge >= 0.3 is 6.18 Å². The number of aromatic amines is 1. The number of nitrogens with two attached hydrogens (primary N) is 1. The van der Waals surface area contributed by atoms with Crippen LogP contribution in [0.25, 0.3) is 0 Å². The summed E-state index contributed by atoms with van der Waals surface area (Å²) in [5.41, 5.74) is 6.40. The Bertz CT molecular complexity index is 548. The van der Waals surface area contributed by atoms with Gasteiger partial charge in [-0.15, -0.1) is 5.10 Å². The van der Waals surface area contributed by atoms with E-state index in [0.29, 0.717) is 17.0 Å². The first kappa shape index (κ1) is 13.4. The number of hydrogen-bond acceptors (Lipinski definition) is 3. The Morgan fingerprint density at radius 3 is 2.42 bits per heavy atom. The molecule has 0 aliphatic rings. The first-order valence-electron chi connectivity index (χ1n) is 5.44. The van der Waals surface area contributed by atoms with Gasteiger partial charge in [0.15, 0.2) is 0 Å². The molecule has 0 aliphatic heterocycles. The molecule has 2 rings (SSSR count). The molecular weight excluding hydrogens is 259 g/mol. The zero-order valence-electron chi connectivity index (χ0n) is 10.0. The van der Waals surface area contributed by atoms with Gasteiger partial charge in [-0.2, -0.15) is 13.2 Å². The molecule has 3 N–H and O–H groups in total. The Morgan fingerprint density at radius 1 is 1.26 bits per heavy atom. The summed E-state index contributed by atoms with van der Waals surface area (Å²) in [6.07, 6.45) is -2.79. The third-order valence-corrected chi connectivity index (χ3v) is 2.76. The van der Waals surface area contributed by atoms with Gasteiger partial charge in [0.2, 0.25) is 5.88 Å². The first-order valence-corrected chi connectivity index (χ1v) is 5.44. The van der Waals surface area contributed by atoms with Crippen LogP contribution < -0.4 is 10.5 Å². The minimum absolute atomic E-state index is 0.326. The van der Waals surface area contributed by atoms with E-state index in [9.17, 15) is 13.2 Å². The summed E-state index contributed by atoms with van der Waals surface area (Å²) in [5.74, 6) is 0.326. The molecule has 0 radical (unpaired) electrons. The number of aromatic nitrogens is 2. The molecule has 1 aromatic carbocycles. The van der Waals surface area contributed by atoms with Gasteiger partial charge in [0.25, 0.3) is 0 Å². The van der Waals surface area contributed by atoms with E-state index in [1.165, 1.54) is 19.2 Å². The molecule has 0 saturated carbocycles. The fourth-order valence-electron chi connectivity index (χ4n) is 1.73. The summed E-state index contributed by atoms with van der Waals surface area (Å²) in [4.78, 5) is 0. The number of nitrogens with one attached hydrogen (secondary N) is 1. The van der Waals surface area contributed by atoms with E-state index in [4.69, 9.17) is 10.5 Å². The van der Waals surface area contributed by atoms with E-state index in [1.807, 2.05) is 0 Å². The number of benzene rings is 1. The van der Waals surface area contributed by atoms with Crippen molar-refractivity contribution in [2.75, 3.05) is 7.11 Å². The van der Waals surface area contributed by atoms with Crippen molar-refractivity contribution < 1.29 is 17.9 Å². The number of halogens is 3. The number of methoxy groups -OCH3 is 1. The van der Waals surface area contributed by atoms with Crippen molar-refractivity contribution in [3.05, 3.63) is 47.2 Å². The van der Waals surface area contributed by atoms with Crippen LogP contribution in [0.5, 0.6) is 5.88 Å². The molecule has 1 unspecified atom stereocenters. The Morgan fingerprint density at radius 2 is 1.89 bits per heavy atom. The molecule has 0 saturated heterocycles. The minimum atomic E-state index is -4.35. The summed E-state index contributed by atoms with van der Waals surface area (Å²) in [6.45, 7) is 0. The van der Waals surface area contributed by atoms with Crippen molar-refractivity contribution in [1.82, 2.24) is 10.2 Å². The fraction of sp³-hybridized carbons (Fsp3) is 0.250. The van der Waals surface area contributed by atoms with Crippen LogP contribution in [0.15, 0.2) is 30.5 Å². The highest BCUT2D eigenvalue weighted by Crippen LogP contribution is 2.31. The van der Waals surface area contributed by atoms with Gasteiger partial charge < -0.3 is 10.5 Å². The average molecular weight is 271 g/mol. The van der Waals surface area contributed by atoms with Crippen LogP contribution in [0, 0.1) is 0 Å². The smallest absolute Gasteiger partial charge is 0.416 e. The largest absolute Gasteiger partial charge is 0.480 e. The van der Waals surface area contributed by atoms with Crippen molar-refractivity contribution in [2.24, 2.45) is 5.73 Å². The molecule has 1 aromatic heterocycles. The lowest BCUT2D eigenvalue weighted by atomic mass is 10.0. The van der Waals surface area contributed by atoms with Gasteiger partial charge in [-0.05, 0) is 17.7 Å². The molecule has 7 heteroatoms. The number of ether oxygens (including phenoxy) is 1. The molecule has 0 aliphatic carbocycles. The molecule has 0 fully saturated rings. The summed E-state index contributed by atoms with van der Waals surface area (Å²) in [5, 5.41) is 6.43. The topological polar surface area (TPSA) is 63.9 Å². The molecule has 1 heterocycles. The van der Waals surface area contributed by atoms with Crippen molar-refractivity contribution in [2.45, 2.75) is 12.2 Å². The minimum Gasteiger partial charge on any atom is -0.480 e. The number of H-pyrrole nitrogens is 1. The second-order valence-corrected chi connectivity index (χ2v) is 3.95. The van der Waals surface area contributed by atoms with Gasteiger partial charge in [0, 0.05) is 6.20 Å². The van der Waals surface area contributed by atoms with E-state index in [2.05, 4.69) is 10.2 Å². The first-order chi connectivity index (χ1) is 8.93. The van der Waals surface area contributed by atoms with Gasteiger partial charge in [-0.25, -0.2) is 0 Å². The van der Waals surface area contributed by atoms with Crippen molar-refractivity contribution in [3.8, 4) is 5.88 Å². The summed E-state index contributed by atoms with van der Waals surface area (Å²) < 4.78 is 42.3. The molecule has 0 amide bonds. The molecule has 1 atom stereocenters. The summed E-state index contributed by atoms with van der Waals surface area (Å²) in [7, 11) is 1.44. The third-order valence-electron chi connectivity index (χ3n) is 2.76. The second-order valence-electron chi connectivity index (χ2n) is 3.95. The van der Waals surface area contributed by atoms with Crippen molar-refractivity contribution >= 4 is 0 Å². The maximum atomic E-state index is 12.4. The summed E-state index contributed by atoms with van der Waals surface area (Å²) >= 11 is 0. The van der Waals surface area contributed by atoms with E-state index >= 15 is 0 Å². The van der Waals surface area contributed by atoms with E-state index in [-0.39, 0.29) is 0 Å². The molecule has 4 nitrogen and oxygen atoms in total. The highest BCUT2D eigenvalue weighted by Gasteiger charge is 2.30. The number of nitrogens with zero attached hydrogens (tertiary/aromatic N) is 1. The Labute approximate surface area is 107 Å². The quantitative estimate of drug-likeness (QED) is 0.901. The zero-order chi connectivity index (χ0) is 14.0. The van der Waals surface area contributed by atoms with Gasteiger partial charge in [-0.1, -0.05) is 12.1 Å². The predicted octanol–water partition coefficient (Wildman–Crippen LogP) is 2.49. The van der Waals surface area contributed by atoms with Crippen LogP contribution in [0.1, 0.15) is 22.7 Å². The maximum absolute atomic E-state index is 12.4. The van der Waals surface area contributed by atoms with E-state index < -0.39 is 17.8 Å². The van der Waals surface area contributed by atoms with Gasteiger partial charge in [-0.3, -0.25) is 5.10 Å². The van der Waals surface area contributed by atoms with E-state index in [0.717, 1.165) is 12.1 Å². The lowest BCUT2D eigenvalue weighted by Crippen LogP contribution is -2.13. The average Bonchev–Trinajstić information content (AvgIpc) is 2.85. The van der Waals surface area contributed by atoms with Crippen LogP contribution in [-0.2, 0) is 6.18 Å². The van der Waals surface area contributed by atoms with Crippen LogP contribution in [-0.4, -0.2) is 17.3 Å². The molecular formula is C12H12F3N3O. The second kappa shape index (κ2) is 4.93. The molecule has 0 bridgehead atoms. The highest BCUT2D eigenvalue weighted by molar-refractivity contribution is 5.37. The number of hydrogen-bond donors (Lipinski definition) is 2. The maximum Gasteiger partial charge on any atom is 0.416 e. The lowest BCUT2D eigenvalue weighted by molar-refractivity contribution is -0.137. The van der Waals surface area contributed by atoms with E-state index in [1.54, 1.807) is 6.20 Å². The molecule has 2 aromatic rings. The molecule has 0 spiro atoms. The fourth-order valence-corrected chi connectivity index (χ4v) is 1.73. The van der Waals surface area contributed by atoms with Crippen LogP contribution in [0.4, 0.5) is 13.2 Å². The normalized spacial score (nSPS) is 13.3. The number of rotatable bonds is 3. The Kier molecular flexibility index (Phi) is 3.48. The van der Waals surface area contributed by atoms with Gasteiger partial charge in [0.1, 0.15) is 0 Å². The number of alkyl halides is 3. The monoisotopic (exact) mass is 271 g/mol. The van der Waals surface area contributed by atoms with Gasteiger partial charge in [0.05, 0.1) is 24.3 Å². The standard InChI is InChI=1S/C12H12F3N3O/c1-19-11-9(6-17-18-11)10(16)7-2-4-8(5-3-7)12(13,14)15/h2-6,10H,16H2,1H3,(H,17,18). The van der Waals surface area contributed by atoms with Crippen molar-refractivity contribution in [1.29, 1.82) is 0 Å². The SMILES string of the molecule is COc1n[nH]cc1C(N)c1ccc(C(F)(F)F)cc1. The third kappa shape index (κ3) is 2.70. The van der Waals surface area contributed by atoms with Crippen molar-refractivity contribution in [3.63, 3.8) is 0 Å². The highest BCUT2D eigenvalue weighted by atomic mass is 19.4.